The Balaban J connectivity index is 2.63. The Hall–Kier alpha value is -1.23. The number of rotatable bonds is 1. The number of aromatic hydroxyl groups is 2. The molecule has 0 saturated carbocycles. The van der Waals surface area contributed by atoms with Gasteiger partial charge in [-0.2, -0.15) is 0 Å². The van der Waals surface area contributed by atoms with Crippen LogP contribution in [0.3, 0.4) is 0 Å². The monoisotopic (exact) mass is 312 g/mol. The van der Waals surface area contributed by atoms with Gasteiger partial charge in [0.1, 0.15) is 11.5 Å². The van der Waals surface area contributed by atoms with Crippen LogP contribution in [0.2, 0.25) is 0 Å². The minimum atomic E-state index is 0.0757. The lowest BCUT2D eigenvalue weighted by atomic mass is 10.1. The van der Waals surface area contributed by atoms with E-state index >= 15 is 0 Å². The summed E-state index contributed by atoms with van der Waals surface area (Å²) in [6.45, 7) is 0. The predicted molar refractivity (Wildman–Crippen MR) is 67.9 cm³/mol. The van der Waals surface area contributed by atoms with Crippen molar-refractivity contribution in [3.63, 3.8) is 0 Å². The second kappa shape index (κ2) is 4.10. The first-order valence-electron chi connectivity index (χ1n) is 4.45. The zero-order chi connectivity index (χ0) is 10.8. The van der Waals surface area contributed by atoms with Gasteiger partial charge in [0.15, 0.2) is 0 Å². The van der Waals surface area contributed by atoms with Crippen molar-refractivity contribution in [1.29, 1.82) is 0 Å². The molecule has 0 spiro atoms. The highest BCUT2D eigenvalue weighted by molar-refractivity contribution is 14.1. The highest BCUT2D eigenvalue weighted by atomic mass is 127. The van der Waals surface area contributed by atoms with Gasteiger partial charge in [0.05, 0.1) is 3.57 Å². The SMILES string of the molecule is Oc1cc(O)c(I)c(-c2ccccc2)c1. The van der Waals surface area contributed by atoms with Crippen molar-refractivity contribution in [3.05, 3.63) is 46.0 Å². The van der Waals surface area contributed by atoms with Crippen LogP contribution in [-0.2, 0) is 0 Å². The molecule has 0 amide bonds. The van der Waals surface area contributed by atoms with Gasteiger partial charge < -0.3 is 10.2 Å². The van der Waals surface area contributed by atoms with Gasteiger partial charge in [0, 0.05) is 11.6 Å². The summed E-state index contributed by atoms with van der Waals surface area (Å²) in [4.78, 5) is 0. The molecule has 76 valence electrons. The van der Waals surface area contributed by atoms with E-state index in [0.717, 1.165) is 14.7 Å². The molecule has 2 aromatic carbocycles. The Kier molecular flexibility index (Phi) is 2.81. The molecule has 2 aromatic rings. The smallest absolute Gasteiger partial charge is 0.133 e. The largest absolute Gasteiger partial charge is 0.508 e. The Morgan fingerprint density at radius 3 is 2.27 bits per heavy atom. The molecule has 2 nitrogen and oxygen atoms in total. The van der Waals surface area contributed by atoms with E-state index < -0.39 is 0 Å². The maximum atomic E-state index is 9.57. The highest BCUT2D eigenvalue weighted by Gasteiger charge is 2.08. The maximum Gasteiger partial charge on any atom is 0.133 e. The quantitative estimate of drug-likeness (QED) is 0.793. The van der Waals surface area contributed by atoms with Crippen LogP contribution < -0.4 is 0 Å². The van der Waals surface area contributed by atoms with Gasteiger partial charge in [-0.05, 0) is 34.2 Å². The minimum Gasteiger partial charge on any atom is -0.508 e. The molecule has 0 unspecified atom stereocenters. The lowest BCUT2D eigenvalue weighted by molar-refractivity contribution is 0.448. The summed E-state index contributed by atoms with van der Waals surface area (Å²) < 4.78 is 0.747. The van der Waals surface area contributed by atoms with Crippen molar-refractivity contribution < 1.29 is 10.2 Å². The third kappa shape index (κ3) is 2.07. The molecule has 2 rings (SSSR count). The average Bonchev–Trinajstić information content (AvgIpc) is 2.24. The molecule has 0 aliphatic heterocycles. The van der Waals surface area contributed by atoms with Crippen LogP contribution in [0.1, 0.15) is 0 Å². The van der Waals surface area contributed by atoms with Gasteiger partial charge in [-0.15, -0.1) is 0 Å². The van der Waals surface area contributed by atoms with E-state index in [9.17, 15) is 10.2 Å². The van der Waals surface area contributed by atoms with Crippen molar-refractivity contribution in [2.45, 2.75) is 0 Å². The van der Waals surface area contributed by atoms with Crippen LogP contribution in [0, 0.1) is 3.57 Å². The van der Waals surface area contributed by atoms with Gasteiger partial charge in [0.25, 0.3) is 0 Å². The number of phenolic OH excluding ortho intramolecular Hbond substituents is 2. The third-order valence-electron chi connectivity index (χ3n) is 2.12. The highest BCUT2D eigenvalue weighted by Crippen LogP contribution is 2.34. The fourth-order valence-electron chi connectivity index (χ4n) is 1.42. The summed E-state index contributed by atoms with van der Waals surface area (Å²) in [5, 5.41) is 19.0. The van der Waals surface area contributed by atoms with Crippen LogP contribution in [0.5, 0.6) is 11.5 Å². The zero-order valence-electron chi connectivity index (χ0n) is 7.81. The molecule has 15 heavy (non-hydrogen) atoms. The van der Waals surface area contributed by atoms with Crippen LogP contribution in [0.15, 0.2) is 42.5 Å². The van der Waals surface area contributed by atoms with Gasteiger partial charge in [-0.25, -0.2) is 0 Å². The Morgan fingerprint density at radius 2 is 1.60 bits per heavy atom. The molecule has 2 N–H and O–H groups in total. The van der Waals surface area contributed by atoms with E-state index in [1.807, 2.05) is 30.3 Å². The van der Waals surface area contributed by atoms with E-state index in [2.05, 4.69) is 22.6 Å². The van der Waals surface area contributed by atoms with E-state index in [1.54, 1.807) is 6.07 Å². The van der Waals surface area contributed by atoms with Gasteiger partial charge in [0.2, 0.25) is 0 Å². The van der Waals surface area contributed by atoms with Gasteiger partial charge >= 0.3 is 0 Å². The lowest BCUT2D eigenvalue weighted by Crippen LogP contribution is -1.83. The molecule has 0 heterocycles. The average molecular weight is 312 g/mol. The molecule has 0 bridgehead atoms. The normalized spacial score (nSPS) is 10.2. The van der Waals surface area contributed by atoms with Crippen LogP contribution in [0.4, 0.5) is 0 Å². The predicted octanol–water partition coefficient (Wildman–Crippen LogP) is 3.37. The molecule has 0 radical (unpaired) electrons. The van der Waals surface area contributed by atoms with Crippen LogP contribution in [-0.4, -0.2) is 10.2 Å². The number of halogens is 1. The molecule has 3 heteroatoms. The Morgan fingerprint density at radius 1 is 0.933 bits per heavy atom. The number of hydrogen-bond donors (Lipinski definition) is 2. The molecule has 0 atom stereocenters. The second-order valence-corrected chi connectivity index (χ2v) is 4.27. The van der Waals surface area contributed by atoms with Crippen LogP contribution >= 0.6 is 22.6 Å². The first kappa shape index (κ1) is 10.3. The maximum absolute atomic E-state index is 9.57. The van der Waals surface area contributed by atoms with Crippen molar-refractivity contribution in [2.75, 3.05) is 0 Å². The van der Waals surface area contributed by atoms with E-state index in [1.165, 1.54) is 6.07 Å². The first-order valence-corrected chi connectivity index (χ1v) is 5.53. The van der Waals surface area contributed by atoms with Crippen molar-refractivity contribution in [3.8, 4) is 22.6 Å². The van der Waals surface area contributed by atoms with E-state index in [0.29, 0.717) is 0 Å². The lowest BCUT2D eigenvalue weighted by Gasteiger charge is -2.07. The standard InChI is InChI=1S/C12H9IO2/c13-12-10(6-9(14)7-11(12)15)8-4-2-1-3-5-8/h1-7,14-15H. The van der Waals surface area contributed by atoms with Crippen molar-refractivity contribution in [2.24, 2.45) is 0 Å². The summed E-state index contributed by atoms with van der Waals surface area (Å²) in [5.74, 6) is 0.182. The number of phenols is 2. The summed E-state index contributed by atoms with van der Waals surface area (Å²) >= 11 is 2.06. The summed E-state index contributed by atoms with van der Waals surface area (Å²) in [7, 11) is 0. The molecular weight excluding hydrogens is 303 g/mol. The molecular formula is C12H9IO2. The van der Waals surface area contributed by atoms with Gasteiger partial charge in [-0.3, -0.25) is 0 Å². The summed E-state index contributed by atoms with van der Waals surface area (Å²) in [5.41, 5.74) is 1.82. The van der Waals surface area contributed by atoms with Crippen LogP contribution in [0.25, 0.3) is 11.1 Å². The van der Waals surface area contributed by atoms with Gasteiger partial charge in [-0.1, -0.05) is 30.3 Å². The summed E-state index contributed by atoms with van der Waals surface area (Å²) in [6, 6.07) is 12.6. The molecule has 0 saturated heterocycles. The molecule has 0 aliphatic carbocycles. The van der Waals surface area contributed by atoms with E-state index in [-0.39, 0.29) is 11.5 Å². The Bertz CT molecular complexity index is 480. The number of benzene rings is 2. The Labute approximate surface area is 101 Å². The van der Waals surface area contributed by atoms with E-state index in [4.69, 9.17) is 0 Å². The first-order chi connectivity index (χ1) is 7.18. The zero-order valence-corrected chi connectivity index (χ0v) is 9.97. The summed E-state index contributed by atoms with van der Waals surface area (Å²) in [6.07, 6.45) is 0. The fraction of sp³-hybridized carbons (Fsp3) is 0. The van der Waals surface area contributed by atoms with Crippen molar-refractivity contribution in [1.82, 2.24) is 0 Å². The molecule has 0 fully saturated rings. The third-order valence-corrected chi connectivity index (χ3v) is 3.26. The van der Waals surface area contributed by atoms with Crippen molar-refractivity contribution >= 4 is 22.6 Å². The minimum absolute atomic E-state index is 0.0757. The molecule has 0 aliphatic rings. The molecule has 0 aromatic heterocycles. The number of hydrogen-bond acceptors (Lipinski definition) is 2. The topological polar surface area (TPSA) is 40.5 Å². The fourth-order valence-corrected chi connectivity index (χ4v) is 2.04. The second-order valence-electron chi connectivity index (χ2n) is 3.19.